The summed E-state index contributed by atoms with van der Waals surface area (Å²) in [6.45, 7) is 6.25. The Morgan fingerprint density at radius 2 is 1.96 bits per heavy atom. The second-order valence-electron chi connectivity index (χ2n) is 5.71. The SMILES string of the molecule is CCCCN=C(N)NCCC(=O)N1CCN(c2ncccn2)CC1.I. The Balaban J connectivity index is 0.00000312. The molecule has 9 heteroatoms. The molecule has 0 radical (unpaired) electrons. The smallest absolute Gasteiger partial charge is 0.225 e. The number of nitrogens with zero attached hydrogens (tertiary/aromatic N) is 5. The fraction of sp³-hybridized carbons (Fsp3) is 0.625. The van der Waals surface area contributed by atoms with E-state index in [1.54, 1.807) is 18.5 Å². The zero-order valence-corrected chi connectivity index (χ0v) is 17.1. The number of unbranched alkanes of at least 4 members (excludes halogenated alkanes) is 1. The monoisotopic (exact) mass is 461 g/mol. The van der Waals surface area contributed by atoms with Crippen LogP contribution in [-0.2, 0) is 4.79 Å². The standard InChI is InChI=1S/C16H27N7O.HI/c1-2-3-6-18-15(17)19-9-5-14(24)22-10-12-23(13-11-22)16-20-7-4-8-21-16;/h4,7-8H,2-3,5-6,9-13H2,1H3,(H3,17,18,19);1H. The van der Waals surface area contributed by atoms with E-state index in [1.165, 1.54) is 0 Å². The van der Waals surface area contributed by atoms with Crippen LogP contribution in [0.3, 0.4) is 0 Å². The molecule has 140 valence electrons. The zero-order chi connectivity index (χ0) is 17.2. The van der Waals surface area contributed by atoms with Crippen molar-refractivity contribution in [2.75, 3.05) is 44.2 Å². The first-order valence-corrected chi connectivity index (χ1v) is 8.54. The van der Waals surface area contributed by atoms with Crippen LogP contribution < -0.4 is 16.0 Å². The summed E-state index contributed by atoms with van der Waals surface area (Å²) in [4.78, 5) is 28.9. The van der Waals surface area contributed by atoms with E-state index in [-0.39, 0.29) is 29.9 Å². The molecule has 0 atom stereocenters. The number of aliphatic imine (C=N–C) groups is 1. The third-order valence-corrected chi connectivity index (χ3v) is 3.91. The largest absolute Gasteiger partial charge is 0.370 e. The Kier molecular flexibility index (Phi) is 10.1. The van der Waals surface area contributed by atoms with Crippen molar-refractivity contribution in [3.8, 4) is 0 Å². The molecule has 1 aromatic heterocycles. The number of nitrogens with two attached hydrogens (primary N) is 1. The van der Waals surface area contributed by atoms with Gasteiger partial charge in [0.25, 0.3) is 0 Å². The highest BCUT2D eigenvalue weighted by atomic mass is 127. The number of piperazine rings is 1. The zero-order valence-electron chi connectivity index (χ0n) is 14.7. The molecule has 0 spiro atoms. The van der Waals surface area contributed by atoms with Crippen LogP contribution in [0.2, 0.25) is 0 Å². The lowest BCUT2D eigenvalue weighted by atomic mass is 10.3. The number of nitrogens with one attached hydrogen (secondary N) is 1. The van der Waals surface area contributed by atoms with Crippen molar-refractivity contribution in [2.24, 2.45) is 10.7 Å². The number of rotatable bonds is 7. The van der Waals surface area contributed by atoms with Gasteiger partial charge >= 0.3 is 0 Å². The number of halogens is 1. The number of carbonyl (C=O) groups excluding carboxylic acids is 1. The Bertz CT molecular complexity index is 533. The van der Waals surface area contributed by atoms with Gasteiger partial charge in [-0.1, -0.05) is 13.3 Å². The molecule has 0 aliphatic carbocycles. The molecular formula is C16H28IN7O. The summed E-state index contributed by atoms with van der Waals surface area (Å²) in [5, 5.41) is 3.00. The van der Waals surface area contributed by atoms with Crippen LogP contribution in [0.4, 0.5) is 5.95 Å². The summed E-state index contributed by atoms with van der Waals surface area (Å²) in [5.74, 6) is 1.28. The minimum Gasteiger partial charge on any atom is -0.370 e. The van der Waals surface area contributed by atoms with Crippen molar-refractivity contribution < 1.29 is 4.79 Å². The molecule has 1 aliphatic heterocycles. The van der Waals surface area contributed by atoms with Crippen molar-refractivity contribution in [1.82, 2.24) is 20.2 Å². The van der Waals surface area contributed by atoms with E-state index in [1.807, 2.05) is 4.90 Å². The van der Waals surface area contributed by atoms with Gasteiger partial charge in [-0.25, -0.2) is 9.97 Å². The van der Waals surface area contributed by atoms with Gasteiger partial charge in [-0.05, 0) is 12.5 Å². The average Bonchev–Trinajstić information content (AvgIpc) is 2.63. The van der Waals surface area contributed by atoms with Crippen LogP contribution in [0.25, 0.3) is 0 Å². The van der Waals surface area contributed by atoms with Gasteiger partial charge in [-0.3, -0.25) is 9.79 Å². The predicted molar refractivity (Wildman–Crippen MR) is 110 cm³/mol. The maximum Gasteiger partial charge on any atom is 0.225 e. The molecule has 1 fully saturated rings. The Morgan fingerprint density at radius 1 is 1.28 bits per heavy atom. The fourth-order valence-electron chi connectivity index (χ4n) is 2.48. The van der Waals surface area contributed by atoms with E-state index < -0.39 is 0 Å². The van der Waals surface area contributed by atoms with Gasteiger partial charge in [-0.15, -0.1) is 24.0 Å². The molecule has 1 aliphatic rings. The van der Waals surface area contributed by atoms with Crippen LogP contribution in [0.5, 0.6) is 0 Å². The van der Waals surface area contributed by atoms with Crippen molar-refractivity contribution in [1.29, 1.82) is 0 Å². The molecule has 2 rings (SSSR count). The first-order chi connectivity index (χ1) is 11.7. The lowest BCUT2D eigenvalue weighted by Gasteiger charge is -2.34. The lowest BCUT2D eigenvalue weighted by Crippen LogP contribution is -2.49. The van der Waals surface area contributed by atoms with Gasteiger partial charge in [0, 0.05) is 58.1 Å². The minimum absolute atomic E-state index is 0. The molecule has 8 nitrogen and oxygen atoms in total. The van der Waals surface area contributed by atoms with E-state index in [2.05, 4.69) is 32.1 Å². The summed E-state index contributed by atoms with van der Waals surface area (Å²) in [6, 6.07) is 1.80. The predicted octanol–water partition coefficient (Wildman–Crippen LogP) is 0.838. The maximum atomic E-state index is 12.2. The second kappa shape index (κ2) is 11.8. The number of anilines is 1. The fourth-order valence-corrected chi connectivity index (χ4v) is 2.48. The number of hydrogen-bond donors (Lipinski definition) is 2. The number of amides is 1. The topological polar surface area (TPSA) is 99.7 Å². The molecule has 3 N–H and O–H groups in total. The molecule has 0 unspecified atom stereocenters. The molecular weight excluding hydrogens is 433 g/mol. The Hall–Kier alpha value is -1.65. The Labute approximate surface area is 166 Å². The quantitative estimate of drug-likeness (QED) is 0.270. The summed E-state index contributed by atoms with van der Waals surface area (Å²) in [6.07, 6.45) is 6.01. The number of hydrogen-bond acceptors (Lipinski definition) is 5. The van der Waals surface area contributed by atoms with Gasteiger partial charge in [0.15, 0.2) is 5.96 Å². The normalized spacial score (nSPS) is 14.8. The van der Waals surface area contributed by atoms with Gasteiger partial charge in [-0.2, -0.15) is 0 Å². The average molecular weight is 461 g/mol. The summed E-state index contributed by atoms with van der Waals surface area (Å²) >= 11 is 0. The van der Waals surface area contributed by atoms with Gasteiger partial charge < -0.3 is 20.9 Å². The first kappa shape index (κ1) is 21.4. The van der Waals surface area contributed by atoms with Crippen molar-refractivity contribution in [2.45, 2.75) is 26.2 Å². The maximum absolute atomic E-state index is 12.2. The van der Waals surface area contributed by atoms with Gasteiger partial charge in [0.2, 0.25) is 11.9 Å². The van der Waals surface area contributed by atoms with Crippen LogP contribution in [0.1, 0.15) is 26.2 Å². The first-order valence-electron chi connectivity index (χ1n) is 8.54. The third-order valence-electron chi connectivity index (χ3n) is 3.91. The highest BCUT2D eigenvalue weighted by Crippen LogP contribution is 2.10. The third kappa shape index (κ3) is 7.41. The van der Waals surface area contributed by atoms with Crippen LogP contribution in [-0.4, -0.2) is 66.0 Å². The number of guanidine groups is 1. The molecule has 0 saturated carbocycles. The van der Waals surface area contributed by atoms with Gasteiger partial charge in [0.05, 0.1) is 0 Å². The molecule has 1 aromatic rings. The molecule has 0 bridgehead atoms. The van der Waals surface area contributed by atoms with E-state index >= 15 is 0 Å². The molecule has 25 heavy (non-hydrogen) atoms. The van der Waals surface area contributed by atoms with E-state index in [0.29, 0.717) is 32.0 Å². The van der Waals surface area contributed by atoms with Crippen LogP contribution >= 0.6 is 24.0 Å². The summed E-state index contributed by atoms with van der Waals surface area (Å²) in [7, 11) is 0. The summed E-state index contributed by atoms with van der Waals surface area (Å²) in [5.41, 5.74) is 5.76. The summed E-state index contributed by atoms with van der Waals surface area (Å²) < 4.78 is 0. The van der Waals surface area contributed by atoms with Gasteiger partial charge in [0.1, 0.15) is 0 Å². The van der Waals surface area contributed by atoms with E-state index in [0.717, 1.165) is 38.4 Å². The molecule has 2 heterocycles. The van der Waals surface area contributed by atoms with Crippen molar-refractivity contribution in [3.63, 3.8) is 0 Å². The Morgan fingerprint density at radius 3 is 2.60 bits per heavy atom. The highest BCUT2D eigenvalue weighted by molar-refractivity contribution is 14.0. The second-order valence-corrected chi connectivity index (χ2v) is 5.71. The molecule has 1 saturated heterocycles. The number of aromatic nitrogens is 2. The lowest BCUT2D eigenvalue weighted by molar-refractivity contribution is -0.131. The molecule has 1 amide bonds. The van der Waals surface area contributed by atoms with Crippen LogP contribution in [0, 0.1) is 0 Å². The van der Waals surface area contributed by atoms with Crippen LogP contribution in [0.15, 0.2) is 23.5 Å². The minimum atomic E-state index is 0. The van der Waals surface area contributed by atoms with Crippen molar-refractivity contribution in [3.05, 3.63) is 18.5 Å². The molecule has 0 aromatic carbocycles. The van der Waals surface area contributed by atoms with E-state index in [4.69, 9.17) is 5.73 Å². The van der Waals surface area contributed by atoms with E-state index in [9.17, 15) is 4.79 Å². The number of carbonyl (C=O) groups is 1. The van der Waals surface area contributed by atoms with Crippen molar-refractivity contribution >= 4 is 41.8 Å². The highest BCUT2D eigenvalue weighted by Gasteiger charge is 2.21.